The highest BCUT2D eigenvalue weighted by Gasteiger charge is 2.19. The van der Waals surface area contributed by atoms with Gasteiger partial charge in [-0.25, -0.2) is 0 Å². The molecule has 0 aliphatic heterocycles. The minimum atomic E-state index is -1.24. The maximum Gasteiger partial charge on any atom is 0.253 e. The van der Waals surface area contributed by atoms with E-state index in [9.17, 15) is 9.90 Å². The van der Waals surface area contributed by atoms with Crippen LogP contribution in [-0.2, 0) is 11.3 Å². The quantitative estimate of drug-likeness (QED) is 0.905. The first-order chi connectivity index (χ1) is 8.68. The Hall–Kier alpha value is -1.36. The van der Waals surface area contributed by atoms with Crippen molar-refractivity contribution in [1.82, 2.24) is 5.32 Å². The fraction of sp³-hybridized carbons (Fsp3) is 0.154. The number of amides is 1. The van der Waals surface area contributed by atoms with E-state index in [0.717, 1.165) is 5.56 Å². The largest absolute Gasteiger partial charge is 0.378 e. The summed E-state index contributed by atoms with van der Waals surface area (Å²) >= 11 is 7.49. The Morgan fingerprint density at radius 3 is 2.83 bits per heavy atom. The van der Waals surface area contributed by atoms with Crippen LogP contribution in [0.3, 0.4) is 0 Å². The van der Waals surface area contributed by atoms with E-state index in [1.54, 1.807) is 35.6 Å². The van der Waals surface area contributed by atoms with Gasteiger partial charge in [-0.2, -0.15) is 11.3 Å². The van der Waals surface area contributed by atoms with Crippen LogP contribution in [0.4, 0.5) is 0 Å². The molecule has 0 radical (unpaired) electrons. The smallest absolute Gasteiger partial charge is 0.253 e. The van der Waals surface area contributed by atoms with E-state index < -0.39 is 12.0 Å². The first-order valence-corrected chi connectivity index (χ1v) is 6.72. The minimum Gasteiger partial charge on any atom is -0.378 e. The number of benzene rings is 1. The van der Waals surface area contributed by atoms with E-state index in [1.165, 1.54) is 0 Å². The second-order valence-corrected chi connectivity index (χ2v) is 4.96. The molecule has 2 N–H and O–H groups in total. The molecule has 94 valence electrons. The number of nitrogens with one attached hydrogen (secondary N) is 1. The fourth-order valence-electron chi connectivity index (χ4n) is 1.52. The van der Waals surface area contributed by atoms with Crippen LogP contribution >= 0.6 is 22.9 Å². The van der Waals surface area contributed by atoms with E-state index in [2.05, 4.69) is 5.32 Å². The van der Waals surface area contributed by atoms with Crippen LogP contribution in [0.5, 0.6) is 0 Å². The summed E-state index contributed by atoms with van der Waals surface area (Å²) in [4.78, 5) is 11.8. The van der Waals surface area contributed by atoms with Crippen molar-refractivity contribution in [2.75, 3.05) is 0 Å². The first kappa shape index (κ1) is 13.1. The maximum atomic E-state index is 11.8. The predicted octanol–water partition coefficient (Wildman–Crippen LogP) is 2.75. The van der Waals surface area contributed by atoms with Gasteiger partial charge in [0, 0.05) is 17.1 Å². The topological polar surface area (TPSA) is 49.3 Å². The van der Waals surface area contributed by atoms with E-state index in [4.69, 9.17) is 11.6 Å². The first-order valence-electron chi connectivity index (χ1n) is 5.40. The highest BCUT2D eigenvalue weighted by Crippen LogP contribution is 2.22. The summed E-state index contributed by atoms with van der Waals surface area (Å²) in [6.07, 6.45) is -1.24. The normalized spacial score (nSPS) is 12.1. The summed E-state index contributed by atoms with van der Waals surface area (Å²) in [7, 11) is 0. The molecule has 1 amide bonds. The van der Waals surface area contributed by atoms with Crippen LogP contribution in [0.25, 0.3) is 0 Å². The van der Waals surface area contributed by atoms with Gasteiger partial charge in [-0.05, 0) is 28.5 Å². The molecule has 0 bridgehead atoms. The molecular weight excluding hydrogens is 270 g/mol. The van der Waals surface area contributed by atoms with Crippen molar-refractivity contribution in [2.45, 2.75) is 12.6 Å². The fourth-order valence-corrected chi connectivity index (χ4v) is 2.42. The van der Waals surface area contributed by atoms with Crippen molar-refractivity contribution in [1.29, 1.82) is 0 Å². The summed E-state index contributed by atoms with van der Waals surface area (Å²) in [5.41, 5.74) is 1.43. The van der Waals surface area contributed by atoms with Gasteiger partial charge < -0.3 is 10.4 Å². The number of thiophene rings is 1. The van der Waals surface area contributed by atoms with E-state index in [-0.39, 0.29) is 0 Å². The van der Waals surface area contributed by atoms with Crippen molar-refractivity contribution in [3.05, 3.63) is 57.2 Å². The number of aliphatic hydroxyl groups excluding tert-OH is 1. The monoisotopic (exact) mass is 281 g/mol. The Morgan fingerprint density at radius 2 is 2.17 bits per heavy atom. The second-order valence-electron chi connectivity index (χ2n) is 3.77. The van der Waals surface area contributed by atoms with Gasteiger partial charge in [-0.15, -0.1) is 0 Å². The molecule has 1 heterocycles. The van der Waals surface area contributed by atoms with Crippen LogP contribution in [-0.4, -0.2) is 11.0 Å². The predicted molar refractivity (Wildman–Crippen MR) is 72.6 cm³/mol. The van der Waals surface area contributed by atoms with Crippen molar-refractivity contribution < 1.29 is 9.90 Å². The van der Waals surface area contributed by atoms with Gasteiger partial charge in [0.1, 0.15) is 0 Å². The van der Waals surface area contributed by atoms with Crippen LogP contribution in [0.2, 0.25) is 5.02 Å². The zero-order chi connectivity index (χ0) is 13.0. The summed E-state index contributed by atoms with van der Waals surface area (Å²) < 4.78 is 0. The average molecular weight is 282 g/mol. The van der Waals surface area contributed by atoms with E-state index in [0.29, 0.717) is 17.1 Å². The molecule has 0 aliphatic carbocycles. The van der Waals surface area contributed by atoms with Crippen LogP contribution in [0.1, 0.15) is 17.2 Å². The van der Waals surface area contributed by atoms with Crippen molar-refractivity contribution in [3.63, 3.8) is 0 Å². The minimum absolute atomic E-state index is 0.385. The maximum absolute atomic E-state index is 11.8. The Kier molecular flexibility index (Phi) is 4.36. The Bertz CT molecular complexity index is 528. The average Bonchev–Trinajstić information content (AvgIpc) is 2.89. The zero-order valence-electron chi connectivity index (χ0n) is 9.47. The molecular formula is C13H12ClNO2S. The number of carbonyl (C=O) groups excluding carboxylic acids is 1. The zero-order valence-corrected chi connectivity index (χ0v) is 11.0. The second kappa shape index (κ2) is 6.00. The highest BCUT2D eigenvalue weighted by atomic mass is 35.5. The van der Waals surface area contributed by atoms with E-state index in [1.807, 2.05) is 16.8 Å². The molecule has 0 fully saturated rings. The lowest BCUT2D eigenvalue weighted by atomic mass is 10.1. The molecule has 0 spiro atoms. The highest BCUT2D eigenvalue weighted by molar-refractivity contribution is 7.07. The molecule has 0 saturated carbocycles. The number of rotatable bonds is 4. The molecule has 2 rings (SSSR count). The van der Waals surface area contributed by atoms with Crippen LogP contribution < -0.4 is 5.32 Å². The lowest BCUT2D eigenvalue weighted by Crippen LogP contribution is -2.28. The number of hydrogen-bond acceptors (Lipinski definition) is 3. The van der Waals surface area contributed by atoms with Crippen LogP contribution in [0.15, 0.2) is 41.1 Å². The third-order valence-electron chi connectivity index (χ3n) is 2.50. The molecule has 18 heavy (non-hydrogen) atoms. The molecule has 3 nitrogen and oxygen atoms in total. The summed E-state index contributed by atoms with van der Waals surface area (Å²) in [5.74, 6) is -0.450. The molecule has 1 atom stereocenters. The van der Waals surface area contributed by atoms with Gasteiger partial charge in [0.15, 0.2) is 6.10 Å². The summed E-state index contributed by atoms with van der Waals surface area (Å²) in [6.45, 7) is 0.407. The third-order valence-corrected chi connectivity index (χ3v) is 3.57. The third kappa shape index (κ3) is 3.10. The lowest BCUT2D eigenvalue weighted by Gasteiger charge is -2.12. The summed E-state index contributed by atoms with van der Waals surface area (Å²) in [6, 6.07) is 8.69. The molecule has 1 aromatic carbocycles. The molecule has 1 aromatic heterocycles. The van der Waals surface area contributed by atoms with Crippen molar-refractivity contribution >= 4 is 28.8 Å². The number of aliphatic hydroxyl groups is 1. The van der Waals surface area contributed by atoms with Gasteiger partial charge in [0.2, 0.25) is 0 Å². The van der Waals surface area contributed by atoms with Gasteiger partial charge >= 0.3 is 0 Å². The number of hydrogen-bond donors (Lipinski definition) is 2. The van der Waals surface area contributed by atoms with Gasteiger partial charge in [-0.3, -0.25) is 4.79 Å². The number of carbonyl (C=O) groups is 1. The van der Waals surface area contributed by atoms with Gasteiger partial charge in [0.05, 0.1) is 0 Å². The van der Waals surface area contributed by atoms with Crippen molar-refractivity contribution in [3.8, 4) is 0 Å². The molecule has 5 heteroatoms. The van der Waals surface area contributed by atoms with E-state index >= 15 is 0 Å². The molecule has 0 unspecified atom stereocenters. The van der Waals surface area contributed by atoms with Gasteiger partial charge in [0.25, 0.3) is 5.91 Å². The summed E-state index contributed by atoms with van der Waals surface area (Å²) in [5, 5.41) is 16.8. The Balaban J connectivity index is 1.99. The Morgan fingerprint density at radius 1 is 1.39 bits per heavy atom. The standard InChI is InChI=1S/C13H12ClNO2S/c14-11-4-2-1-3-10(11)12(16)13(17)15-7-9-5-6-18-8-9/h1-6,8,12,16H,7H2,(H,15,17)/t12-/m1/s1. The molecule has 0 saturated heterocycles. The SMILES string of the molecule is O=C(NCc1ccsc1)[C@H](O)c1ccccc1Cl. The van der Waals surface area contributed by atoms with Crippen molar-refractivity contribution in [2.24, 2.45) is 0 Å². The number of halogens is 1. The molecule has 0 aliphatic rings. The lowest BCUT2D eigenvalue weighted by molar-refractivity contribution is -0.129. The Labute approximate surface area is 114 Å². The van der Waals surface area contributed by atoms with Gasteiger partial charge in [-0.1, -0.05) is 29.8 Å². The molecule has 2 aromatic rings. The van der Waals surface area contributed by atoms with Crippen LogP contribution in [0, 0.1) is 0 Å².